The number of nitrogens with one attached hydrogen (secondary N) is 4. The highest BCUT2D eigenvalue weighted by Crippen LogP contribution is 2.25. The highest BCUT2D eigenvalue weighted by molar-refractivity contribution is 6.00. The molecule has 1 unspecified atom stereocenters. The van der Waals surface area contributed by atoms with Crippen molar-refractivity contribution >= 4 is 28.9 Å². The molecular formula is C17H18FN7O2. The first kappa shape index (κ1) is 17.0. The Kier molecular flexibility index (Phi) is 4.22. The molecule has 1 amide bonds. The summed E-state index contributed by atoms with van der Waals surface area (Å²) in [7, 11) is 1.71. The van der Waals surface area contributed by atoms with Crippen LogP contribution in [0.25, 0.3) is 5.65 Å². The van der Waals surface area contributed by atoms with Gasteiger partial charge in [-0.05, 0) is 25.0 Å². The van der Waals surface area contributed by atoms with Crippen LogP contribution in [0.4, 0.5) is 21.7 Å². The summed E-state index contributed by atoms with van der Waals surface area (Å²) in [6.07, 6.45) is 2.98. The zero-order valence-corrected chi connectivity index (χ0v) is 14.5. The number of alkyl halides is 1. The zero-order chi connectivity index (χ0) is 19.0. The molecule has 0 saturated heterocycles. The van der Waals surface area contributed by atoms with Gasteiger partial charge in [0.2, 0.25) is 0 Å². The second-order valence-electron chi connectivity index (χ2n) is 6.28. The van der Waals surface area contributed by atoms with E-state index in [0.29, 0.717) is 35.8 Å². The molecule has 3 aromatic heterocycles. The third kappa shape index (κ3) is 3.09. The fourth-order valence-electron chi connectivity index (χ4n) is 2.89. The first-order valence-corrected chi connectivity index (χ1v) is 8.53. The van der Waals surface area contributed by atoms with Gasteiger partial charge in [-0.2, -0.15) is 9.61 Å². The Morgan fingerprint density at radius 1 is 1.41 bits per heavy atom. The van der Waals surface area contributed by atoms with Crippen LogP contribution in [0.2, 0.25) is 0 Å². The van der Waals surface area contributed by atoms with E-state index in [4.69, 9.17) is 0 Å². The Balaban J connectivity index is 1.70. The molecular weight excluding hydrogens is 353 g/mol. The lowest BCUT2D eigenvalue weighted by Gasteiger charge is -2.30. The number of H-pyrrole nitrogens is 1. The summed E-state index contributed by atoms with van der Waals surface area (Å²) in [4.78, 5) is 31.4. The van der Waals surface area contributed by atoms with Crippen LogP contribution < -0.4 is 21.5 Å². The number of pyridine rings is 1. The molecule has 2 atom stereocenters. The number of nitrogens with zero attached hydrogens (tertiary/aromatic N) is 3. The largest absolute Gasteiger partial charge is 0.373 e. The summed E-state index contributed by atoms with van der Waals surface area (Å²) in [5.41, 5.74) is 0.549. The zero-order valence-electron chi connectivity index (χ0n) is 14.5. The van der Waals surface area contributed by atoms with Crippen molar-refractivity contribution < 1.29 is 9.18 Å². The molecule has 4 N–H and O–H groups in total. The van der Waals surface area contributed by atoms with E-state index < -0.39 is 18.1 Å². The lowest BCUT2D eigenvalue weighted by Crippen LogP contribution is -2.48. The molecule has 3 heterocycles. The summed E-state index contributed by atoms with van der Waals surface area (Å²) in [6.45, 7) is 0. The van der Waals surface area contributed by atoms with Gasteiger partial charge in [-0.15, -0.1) is 0 Å². The van der Waals surface area contributed by atoms with E-state index in [1.165, 1.54) is 16.9 Å². The molecule has 3 aromatic rings. The Morgan fingerprint density at radius 3 is 2.93 bits per heavy atom. The minimum absolute atomic E-state index is 0.233. The maximum absolute atomic E-state index is 13.5. The Bertz CT molecular complexity index is 1060. The van der Waals surface area contributed by atoms with Gasteiger partial charge in [0, 0.05) is 19.3 Å². The third-order valence-corrected chi connectivity index (χ3v) is 4.56. The van der Waals surface area contributed by atoms with Gasteiger partial charge >= 0.3 is 0 Å². The van der Waals surface area contributed by atoms with Gasteiger partial charge in [0.15, 0.2) is 5.65 Å². The van der Waals surface area contributed by atoms with Crippen LogP contribution in [-0.4, -0.2) is 44.8 Å². The molecule has 140 valence electrons. The number of amides is 1. The number of aromatic nitrogens is 4. The van der Waals surface area contributed by atoms with Crippen molar-refractivity contribution in [3.05, 3.63) is 46.5 Å². The second-order valence-corrected chi connectivity index (χ2v) is 6.28. The van der Waals surface area contributed by atoms with E-state index in [9.17, 15) is 14.0 Å². The van der Waals surface area contributed by atoms with E-state index in [2.05, 4.69) is 31.0 Å². The van der Waals surface area contributed by atoms with Crippen molar-refractivity contribution in [3.63, 3.8) is 0 Å². The van der Waals surface area contributed by atoms with Gasteiger partial charge < -0.3 is 20.9 Å². The van der Waals surface area contributed by atoms with E-state index in [1.807, 2.05) is 0 Å². The minimum atomic E-state index is -1.02. The molecule has 0 radical (unpaired) electrons. The number of hydrogen-bond donors (Lipinski definition) is 4. The Morgan fingerprint density at radius 2 is 2.26 bits per heavy atom. The standard InChI is InChI=1S/C17H18FN7O2/c1-19-14-7-13(22-12-3-2-6-20-17(12)27)24-15-9(8-21-25(14)15)16(26)23-11-5-4-10(11)18/h2-3,6-8,10-11,19H,4-5H2,1H3,(H,20,27)(H,22,24)(H,23,26)/t10-,11?/m1/s1. The molecule has 9 nitrogen and oxygen atoms in total. The van der Waals surface area contributed by atoms with Gasteiger partial charge in [-0.1, -0.05) is 0 Å². The minimum Gasteiger partial charge on any atom is -0.373 e. The molecule has 1 fully saturated rings. The normalized spacial score (nSPS) is 18.7. The molecule has 4 rings (SSSR count). The molecule has 0 bridgehead atoms. The number of fused-ring (bicyclic) bond motifs is 1. The van der Waals surface area contributed by atoms with E-state index >= 15 is 0 Å². The smallest absolute Gasteiger partial charge is 0.271 e. The van der Waals surface area contributed by atoms with Crippen LogP contribution in [0.15, 0.2) is 35.4 Å². The summed E-state index contributed by atoms with van der Waals surface area (Å²) in [5, 5.41) is 12.8. The van der Waals surface area contributed by atoms with Crippen molar-refractivity contribution in [1.29, 1.82) is 0 Å². The molecule has 1 aliphatic rings. The molecule has 1 aliphatic carbocycles. The lowest BCUT2D eigenvalue weighted by molar-refractivity contribution is 0.0826. The molecule has 0 aromatic carbocycles. The van der Waals surface area contributed by atoms with E-state index in [-0.39, 0.29) is 11.1 Å². The van der Waals surface area contributed by atoms with Crippen LogP contribution in [0.3, 0.4) is 0 Å². The molecule has 10 heteroatoms. The summed E-state index contributed by atoms with van der Waals surface area (Å²) in [6, 6.07) is 4.49. The average Bonchev–Trinajstić information content (AvgIpc) is 3.10. The van der Waals surface area contributed by atoms with Gasteiger partial charge in [-0.3, -0.25) is 9.59 Å². The van der Waals surface area contributed by atoms with Crippen molar-refractivity contribution in [2.75, 3.05) is 17.7 Å². The summed E-state index contributed by atoms with van der Waals surface area (Å²) < 4.78 is 14.9. The predicted octanol–water partition coefficient (Wildman–Crippen LogP) is 1.43. The van der Waals surface area contributed by atoms with Crippen LogP contribution >= 0.6 is 0 Å². The number of aromatic amines is 1. The fourth-order valence-corrected chi connectivity index (χ4v) is 2.89. The van der Waals surface area contributed by atoms with Crippen molar-refractivity contribution in [2.24, 2.45) is 0 Å². The summed E-state index contributed by atoms with van der Waals surface area (Å²) >= 11 is 0. The molecule has 0 spiro atoms. The van der Waals surface area contributed by atoms with Gasteiger partial charge in [0.25, 0.3) is 11.5 Å². The van der Waals surface area contributed by atoms with Crippen LogP contribution in [0.1, 0.15) is 23.2 Å². The van der Waals surface area contributed by atoms with Crippen molar-refractivity contribution in [3.8, 4) is 0 Å². The Labute approximate surface area is 153 Å². The van der Waals surface area contributed by atoms with Gasteiger partial charge in [0.05, 0.1) is 12.2 Å². The quantitative estimate of drug-likeness (QED) is 0.539. The SMILES string of the molecule is CNc1cc(Nc2ccc[nH]c2=O)nc2c(C(=O)NC3CC[C@H]3F)cnn12. The number of hydrogen-bond acceptors (Lipinski definition) is 6. The number of anilines is 3. The lowest BCUT2D eigenvalue weighted by atomic mass is 9.90. The third-order valence-electron chi connectivity index (χ3n) is 4.56. The number of carbonyl (C=O) groups excluding carboxylic acids is 1. The first-order chi connectivity index (χ1) is 13.1. The monoisotopic (exact) mass is 371 g/mol. The average molecular weight is 371 g/mol. The maximum Gasteiger partial charge on any atom is 0.271 e. The van der Waals surface area contributed by atoms with Crippen molar-refractivity contribution in [1.82, 2.24) is 24.9 Å². The van der Waals surface area contributed by atoms with Crippen LogP contribution in [0, 0.1) is 0 Å². The Hall–Kier alpha value is -3.43. The number of rotatable bonds is 5. The van der Waals surface area contributed by atoms with E-state index in [0.717, 1.165) is 0 Å². The number of carbonyl (C=O) groups is 1. The second kappa shape index (κ2) is 6.71. The van der Waals surface area contributed by atoms with Crippen LogP contribution in [0.5, 0.6) is 0 Å². The predicted molar refractivity (Wildman–Crippen MR) is 98.3 cm³/mol. The molecule has 27 heavy (non-hydrogen) atoms. The highest BCUT2D eigenvalue weighted by atomic mass is 19.1. The molecule has 0 aliphatic heterocycles. The van der Waals surface area contributed by atoms with Crippen LogP contribution in [-0.2, 0) is 0 Å². The highest BCUT2D eigenvalue weighted by Gasteiger charge is 2.33. The first-order valence-electron chi connectivity index (χ1n) is 8.53. The van der Waals surface area contributed by atoms with Gasteiger partial charge in [0.1, 0.15) is 29.1 Å². The van der Waals surface area contributed by atoms with Crippen molar-refractivity contribution in [2.45, 2.75) is 25.1 Å². The summed E-state index contributed by atoms with van der Waals surface area (Å²) in [5.74, 6) is 0.507. The number of halogens is 1. The maximum atomic E-state index is 13.5. The molecule has 1 saturated carbocycles. The van der Waals surface area contributed by atoms with Gasteiger partial charge in [-0.25, -0.2) is 9.37 Å². The fraction of sp³-hybridized carbons (Fsp3) is 0.294. The topological polar surface area (TPSA) is 116 Å². The van der Waals surface area contributed by atoms with E-state index in [1.54, 1.807) is 25.2 Å².